The summed E-state index contributed by atoms with van der Waals surface area (Å²) in [7, 11) is 2.00. The molecule has 4 aromatic heterocycles. The first-order chi connectivity index (χ1) is 18.4. The molecule has 1 atom stereocenters. The fraction of sp³-hybridized carbons (Fsp3) is 0.269. The highest BCUT2D eigenvalue weighted by Crippen LogP contribution is 2.31. The van der Waals surface area contributed by atoms with E-state index in [0.29, 0.717) is 40.0 Å². The van der Waals surface area contributed by atoms with Crippen LogP contribution in [0.4, 0.5) is 13.2 Å². The first kappa shape index (κ1) is 24.0. The largest absolute Gasteiger partial charge is 0.415 e. The second kappa shape index (κ2) is 9.53. The van der Waals surface area contributed by atoms with Gasteiger partial charge < -0.3 is 9.32 Å². The molecule has 6 rings (SSSR count). The summed E-state index contributed by atoms with van der Waals surface area (Å²) in [5.41, 5.74) is 2.71. The highest BCUT2D eigenvalue weighted by Gasteiger charge is 2.27. The Morgan fingerprint density at radius 1 is 1.11 bits per heavy atom. The van der Waals surface area contributed by atoms with E-state index in [9.17, 15) is 13.6 Å². The number of fused-ring (bicyclic) bond motifs is 1. The van der Waals surface area contributed by atoms with Crippen LogP contribution in [0.5, 0.6) is 0 Å². The fourth-order valence-electron chi connectivity index (χ4n) is 4.91. The third kappa shape index (κ3) is 4.26. The van der Waals surface area contributed by atoms with Crippen molar-refractivity contribution in [3.8, 4) is 22.6 Å². The van der Waals surface area contributed by atoms with Gasteiger partial charge >= 0.3 is 12.1 Å². The van der Waals surface area contributed by atoms with Gasteiger partial charge in [0.1, 0.15) is 5.82 Å². The molecule has 9 nitrogen and oxygen atoms in total. The number of nitrogens with zero attached hydrogens (tertiary/aromatic N) is 7. The van der Waals surface area contributed by atoms with Crippen molar-refractivity contribution in [2.45, 2.75) is 25.4 Å². The standard InChI is InChI=1S/C26H22F3N7O2/c1-34-8-6-18(14-34)36-22-9-19(15-3-2-7-30-11-15)20(27)10-21(22)35(26(36)37)13-17-5-4-16(12-31-17)24-32-33-25(38-24)23(28)29/h2-5,7,9-12,18,23H,6,8,13-14H2,1H3/t18-/m0/s1. The van der Waals surface area contributed by atoms with Crippen LogP contribution >= 0.6 is 0 Å². The topological polar surface area (TPSA) is 94.9 Å². The number of hydrogen-bond acceptors (Lipinski definition) is 7. The minimum Gasteiger partial charge on any atom is -0.415 e. The molecule has 0 radical (unpaired) electrons. The van der Waals surface area contributed by atoms with Gasteiger partial charge in [-0.1, -0.05) is 6.07 Å². The molecular formula is C26H22F3N7O2. The zero-order valence-electron chi connectivity index (χ0n) is 20.3. The Labute approximate surface area is 214 Å². The Balaban J connectivity index is 1.41. The third-order valence-electron chi connectivity index (χ3n) is 6.77. The first-order valence-corrected chi connectivity index (χ1v) is 12.0. The van der Waals surface area contributed by atoms with E-state index in [-0.39, 0.29) is 24.2 Å². The molecule has 12 heteroatoms. The van der Waals surface area contributed by atoms with Crippen molar-refractivity contribution in [3.63, 3.8) is 0 Å². The smallest absolute Gasteiger partial charge is 0.329 e. The van der Waals surface area contributed by atoms with Crippen LogP contribution in [0.25, 0.3) is 33.6 Å². The normalized spacial score (nSPS) is 16.2. The van der Waals surface area contributed by atoms with Crippen molar-refractivity contribution in [1.29, 1.82) is 0 Å². The van der Waals surface area contributed by atoms with Gasteiger partial charge in [0.05, 0.1) is 34.9 Å². The lowest BCUT2D eigenvalue weighted by Gasteiger charge is -2.13. The van der Waals surface area contributed by atoms with Gasteiger partial charge in [-0.05, 0) is 44.3 Å². The molecule has 0 N–H and O–H groups in total. The van der Waals surface area contributed by atoms with Crippen molar-refractivity contribution in [2.24, 2.45) is 0 Å². The van der Waals surface area contributed by atoms with Crippen molar-refractivity contribution in [1.82, 2.24) is 34.2 Å². The van der Waals surface area contributed by atoms with E-state index in [4.69, 9.17) is 4.42 Å². The zero-order chi connectivity index (χ0) is 26.4. The predicted molar refractivity (Wildman–Crippen MR) is 132 cm³/mol. The maximum atomic E-state index is 15.4. The number of hydrogen-bond donors (Lipinski definition) is 0. The lowest BCUT2D eigenvalue weighted by molar-refractivity contribution is 0.116. The quantitative estimate of drug-likeness (QED) is 0.329. The Bertz CT molecular complexity index is 1660. The number of likely N-dealkylation sites (N-methyl/N-ethyl adjacent to an activating group) is 1. The van der Waals surface area contributed by atoms with Crippen LogP contribution in [-0.2, 0) is 6.54 Å². The Kier molecular flexibility index (Phi) is 6.03. The molecule has 1 aliphatic heterocycles. The van der Waals surface area contributed by atoms with Gasteiger partial charge in [-0.2, -0.15) is 8.78 Å². The maximum absolute atomic E-state index is 15.4. The molecule has 0 spiro atoms. The van der Waals surface area contributed by atoms with Gasteiger partial charge in [-0.25, -0.2) is 9.18 Å². The van der Waals surface area contributed by atoms with E-state index in [1.54, 1.807) is 47.3 Å². The average molecular weight is 522 g/mol. The minimum absolute atomic E-state index is 0.0552. The fourth-order valence-corrected chi connectivity index (χ4v) is 4.91. The molecule has 0 aliphatic carbocycles. The number of halogens is 3. The minimum atomic E-state index is -2.87. The summed E-state index contributed by atoms with van der Waals surface area (Å²) in [4.78, 5) is 24.4. The summed E-state index contributed by atoms with van der Waals surface area (Å²) in [5.74, 6) is -1.31. The summed E-state index contributed by atoms with van der Waals surface area (Å²) in [6, 6.07) is 9.79. The molecular weight excluding hydrogens is 499 g/mol. The number of imidazole rings is 1. The van der Waals surface area contributed by atoms with Crippen LogP contribution in [0.3, 0.4) is 0 Å². The van der Waals surface area contributed by atoms with Gasteiger partial charge in [0.15, 0.2) is 0 Å². The van der Waals surface area contributed by atoms with Crippen LogP contribution in [0.2, 0.25) is 0 Å². The third-order valence-corrected chi connectivity index (χ3v) is 6.77. The van der Waals surface area contributed by atoms with Gasteiger partial charge in [0, 0.05) is 42.3 Å². The number of likely N-dealkylation sites (tertiary alicyclic amines) is 1. The zero-order valence-corrected chi connectivity index (χ0v) is 20.3. The van der Waals surface area contributed by atoms with E-state index in [2.05, 4.69) is 25.1 Å². The van der Waals surface area contributed by atoms with E-state index < -0.39 is 18.1 Å². The van der Waals surface area contributed by atoms with Gasteiger partial charge in [0.25, 0.3) is 5.89 Å². The van der Waals surface area contributed by atoms with Gasteiger partial charge in [0.2, 0.25) is 5.89 Å². The summed E-state index contributed by atoms with van der Waals surface area (Å²) < 4.78 is 49.1. The van der Waals surface area contributed by atoms with E-state index in [1.165, 1.54) is 16.8 Å². The molecule has 0 saturated carbocycles. The van der Waals surface area contributed by atoms with Gasteiger partial charge in [-0.15, -0.1) is 10.2 Å². The van der Waals surface area contributed by atoms with Crippen LogP contribution in [-0.4, -0.2) is 54.3 Å². The summed E-state index contributed by atoms with van der Waals surface area (Å²) >= 11 is 0. The van der Waals surface area contributed by atoms with Crippen LogP contribution in [0.15, 0.2) is 64.2 Å². The Morgan fingerprint density at radius 2 is 1.97 bits per heavy atom. The molecule has 1 aromatic carbocycles. The SMILES string of the molecule is CN1CC[C@H](n2c(=O)n(Cc3ccc(-c4nnc(C(F)F)o4)cn3)c3cc(F)c(-c4cccnc4)cc32)C1. The predicted octanol–water partition coefficient (Wildman–Crippen LogP) is 4.31. The molecule has 0 unspecified atom stereocenters. The van der Waals surface area contributed by atoms with Crippen molar-refractivity contribution in [3.05, 3.63) is 82.9 Å². The van der Waals surface area contributed by atoms with E-state index >= 15 is 4.39 Å². The van der Waals surface area contributed by atoms with Crippen molar-refractivity contribution < 1.29 is 17.6 Å². The van der Waals surface area contributed by atoms with E-state index in [1.807, 2.05) is 7.05 Å². The summed E-state index contributed by atoms with van der Waals surface area (Å²) in [5, 5.41) is 6.95. The number of rotatable bonds is 6. The summed E-state index contributed by atoms with van der Waals surface area (Å²) in [6.45, 7) is 1.64. The molecule has 5 aromatic rings. The molecule has 1 saturated heterocycles. The average Bonchev–Trinajstić information content (AvgIpc) is 3.64. The maximum Gasteiger partial charge on any atom is 0.329 e. The van der Waals surface area contributed by atoms with Crippen LogP contribution in [0, 0.1) is 5.82 Å². The number of benzene rings is 1. The second-order valence-electron chi connectivity index (χ2n) is 9.29. The molecule has 0 amide bonds. The molecule has 194 valence electrons. The first-order valence-electron chi connectivity index (χ1n) is 12.0. The molecule has 1 fully saturated rings. The molecule has 5 heterocycles. The highest BCUT2D eigenvalue weighted by atomic mass is 19.3. The molecule has 38 heavy (non-hydrogen) atoms. The summed E-state index contributed by atoms with van der Waals surface area (Å²) in [6.07, 6.45) is 2.55. The molecule has 1 aliphatic rings. The Morgan fingerprint density at radius 3 is 2.63 bits per heavy atom. The van der Waals surface area contributed by atoms with Crippen molar-refractivity contribution in [2.75, 3.05) is 20.1 Å². The molecule has 0 bridgehead atoms. The monoisotopic (exact) mass is 521 g/mol. The van der Waals surface area contributed by atoms with Gasteiger partial charge in [-0.3, -0.25) is 19.1 Å². The lowest BCUT2D eigenvalue weighted by Crippen LogP contribution is -2.29. The Hall–Kier alpha value is -4.32. The van der Waals surface area contributed by atoms with Crippen molar-refractivity contribution >= 4 is 11.0 Å². The number of aromatic nitrogens is 6. The van der Waals surface area contributed by atoms with Crippen LogP contribution in [0.1, 0.15) is 30.5 Å². The number of alkyl halides is 2. The lowest BCUT2D eigenvalue weighted by atomic mass is 10.1. The van der Waals surface area contributed by atoms with E-state index in [0.717, 1.165) is 13.0 Å². The second-order valence-corrected chi connectivity index (χ2v) is 9.29. The number of pyridine rings is 2. The van der Waals surface area contributed by atoms with Crippen LogP contribution < -0.4 is 5.69 Å². The highest BCUT2D eigenvalue weighted by molar-refractivity contribution is 5.83.